The van der Waals surface area contributed by atoms with Gasteiger partial charge in [-0.2, -0.15) is 5.10 Å². The van der Waals surface area contributed by atoms with Crippen molar-refractivity contribution in [2.24, 2.45) is 5.10 Å². The maximum absolute atomic E-state index is 12.0. The fourth-order valence-corrected chi connectivity index (χ4v) is 1.94. The van der Waals surface area contributed by atoms with Crippen molar-refractivity contribution >= 4 is 11.6 Å². The SMILES string of the molecule is CC(=NNC(=O)c1ccc(C)cc1)c1ccc(C)c(C)c1. The fraction of sp³-hybridized carbons (Fsp3) is 0.222. The van der Waals surface area contributed by atoms with E-state index in [1.165, 1.54) is 11.1 Å². The van der Waals surface area contributed by atoms with Gasteiger partial charge in [-0.1, -0.05) is 29.8 Å². The molecular weight excluding hydrogens is 260 g/mol. The van der Waals surface area contributed by atoms with Gasteiger partial charge in [0.05, 0.1) is 5.71 Å². The lowest BCUT2D eigenvalue weighted by Gasteiger charge is -2.06. The van der Waals surface area contributed by atoms with Crippen LogP contribution >= 0.6 is 0 Å². The standard InChI is InChI=1S/C18H20N2O/c1-12-5-8-16(9-6-12)18(21)20-19-15(4)17-10-7-13(2)14(3)11-17/h5-11H,1-4H3,(H,20,21). The molecule has 108 valence electrons. The number of carbonyl (C=O) groups is 1. The van der Waals surface area contributed by atoms with Crippen LogP contribution < -0.4 is 5.43 Å². The van der Waals surface area contributed by atoms with Crippen LogP contribution in [-0.4, -0.2) is 11.6 Å². The minimum Gasteiger partial charge on any atom is -0.267 e. The molecule has 2 aromatic rings. The summed E-state index contributed by atoms with van der Waals surface area (Å²) in [7, 11) is 0. The molecule has 3 heteroatoms. The van der Waals surface area contributed by atoms with Gasteiger partial charge in [-0.3, -0.25) is 4.79 Å². The normalized spacial score (nSPS) is 11.3. The summed E-state index contributed by atoms with van der Waals surface area (Å²) in [6, 6.07) is 13.6. The lowest BCUT2D eigenvalue weighted by atomic mass is 10.0. The van der Waals surface area contributed by atoms with Crippen molar-refractivity contribution < 1.29 is 4.79 Å². The third-order valence-corrected chi connectivity index (χ3v) is 3.56. The zero-order chi connectivity index (χ0) is 15.4. The zero-order valence-corrected chi connectivity index (χ0v) is 12.9. The molecule has 0 atom stereocenters. The van der Waals surface area contributed by atoms with Gasteiger partial charge in [-0.25, -0.2) is 5.43 Å². The Morgan fingerprint density at radius 2 is 1.52 bits per heavy atom. The molecule has 1 N–H and O–H groups in total. The van der Waals surface area contributed by atoms with E-state index in [1.54, 1.807) is 12.1 Å². The smallest absolute Gasteiger partial charge is 0.267 e. The Kier molecular flexibility index (Phi) is 4.53. The average Bonchev–Trinajstić information content (AvgIpc) is 2.48. The van der Waals surface area contributed by atoms with E-state index < -0.39 is 0 Å². The molecule has 2 aromatic carbocycles. The predicted octanol–water partition coefficient (Wildman–Crippen LogP) is 3.77. The monoisotopic (exact) mass is 280 g/mol. The van der Waals surface area contributed by atoms with Gasteiger partial charge < -0.3 is 0 Å². The first kappa shape index (κ1) is 15.0. The molecule has 0 bridgehead atoms. The van der Waals surface area contributed by atoms with E-state index in [9.17, 15) is 4.79 Å². The highest BCUT2D eigenvalue weighted by atomic mass is 16.2. The summed E-state index contributed by atoms with van der Waals surface area (Å²) in [6.07, 6.45) is 0. The third kappa shape index (κ3) is 3.78. The lowest BCUT2D eigenvalue weighted by molar-refractivity contribution is 0.0955. The second-order valence-electron chi connectivity index (χ2n) is 5.30. The Hall–Kier alpha value is -2.42. The molecule has 2 rings (SSSR count). The van der Waals surface area contributed by atoms with Crippen molar-refractivity contribution in [3.8, 4) is 0 Å². The number of carbonyl (C=O) groups excluding carboxylic acids is 1. The maximum Gasteiger partial charge on any atom is 0.271 e. The van der Waals surface area contributed by atoms with Crippen LogP contribution in [0, 0.1) is 20.8 Å². The second-order valence-corrected chi connectivity index (χ2v) is 5.30. The Balaban J connectivity index is 2.10. The quantitative estimate of drug-likeness (QED) is 0.675. The van der Waals surface area contributed by atoms with Crippen molar-refractivity contribution in [2.45, 2.75) is 27.7 Å². The summed E-state index contributed by atoms with van der Waals surface area (Å²) in [5.74, 6) is -0.196. The van der Waals surface area contributed by atoms with Gasteiger partial charge in [0.25, 0.3) is 5.91 Å². The minimum absolute atomic E-state index is 0.196. The third-order valence-electron chi connectivity index (χ3n) is 3.56. The highest BCUT2D eigenvalue weighted by Crippen LogP contribution is 2.10. The summed E-state index contributed by atoms with van der Waals surface area (Å²) in [4.78, 5) is 12.0. The number of aryl methyl sites for hydroxylation is 3. The summed E-state index contributed by atoms with van der Waals surface area (Å²) in [5, 5.41) is 4.18. The number of benzene rings is 2. The van der Waals surface area contributed by atoms with E-state index in [4.69, 9.17) is 0 Å². The van der Waals surface area contributed by atoms with Gasteiger partial charge in [-0.05, 0) is 62.6 Å². The van der Waals surface area contributed by atoms with Crippen molar-refractivity contribution in [1.29, 1.82) is 0 Å². The van der Waals surface area contributed by atoms with Crippen molar-refractivity contribution in [1.82, 2.24) is 5.43 Å². The van der Waals surface area contributed by atoms with Crippen LogP contribution in [0.2, 0.25) is 0 Å². The number of hydrazone groups is 1. The molecule has 0 fully saturated rings. The van der Waals surface area contributed by atoms with Crippen molar-refractivity contribution in [3.63, 3.8) is 0 Å². The average molecular weight is 280 g/mol. The highest BCUT2D eigenvalue weighted by molar-refractivity contribution is 6.01. The van der Waals surface area contributed by atoms with E-state index in [1.807, 2.05) is 32.0 Å². The highest BCUT2D eigenvalue weighted by Gasteiger charge is 2.05. The molecule has 0 saturated carbocycles. The first-order valence-electron chi connectivity index (χ1n) is 6.96. The van der Waals surface area contributed by atoms with Gasteiger partial charge in [0.15, 0.2) is 0 Å². The first-order chi connectivity index (χ1) is 9.97. The van der Waals surface area contributed by atoms with Crippen LogP contribution in [0.4, 0.5) is 0 Å². The number of nitrogens with one attached hydrogen (secondary N) is 1. The Bertz CT molecular complexity index is 685. The molecule has 0 heterocycles. The number of nitrogens with zero attached hydrogens (tertiary/aromatic N) is 1. The van der Waals surface area contributed by atoms with E-state index >= 15 is 0 Å². The summed E-state index contributed by atoms with van der Waals surface area (Å²) >= 11 is 0. The molecule has 1 amide bonds. The van der Waals surface area contributed by atoms with E-state index in [0.29, 0.717) is 5.56 Å². The molecule has 0 aliphatic rings. The largest absolute Gasteiger partial charge is 0.271 e. The van der Waals surface area contributed by atoms with Gasteiger partial charge in [-0.15, -0.1) is 0 Å². The zero-order valence-electron chi connectivity index (χ0n) is 12.9. The number of amides is 1. The number of hydrogen-bond donors (Lipinski definition) is 1. The van der Waals surface area contributed by atoms with Gasteiger partial charge in [0.1, 0.15) is 0 Å². The van der Waals surface area contributed by atoms with Crippen LogP contribution in [0.15, 0.2) is 47.6 Å². The molecular formula is C18H20N2O. The summed E-state index contributed by atoms with van der Waals surface area (Å²) in [6.45, 7) is 8.02. The van der Waals surface area contributed by atoms with E-state index in [0.717, 1.165) is 16.8 Å². The molecule has 0 spiro atoms. The van der Waals surface area contributed by atoms with Crippen LogP contribution in [-0.2, 0) is 0 Å². The maximum atomic E-state index is 12.0. The fourth-order valence-electron chi connectivity index (χ4n) is 1.94. The molecule has 3 nitrogen and oxygen atoms in total. The second kappa shape index (κ2) is 6.35. The molecule has 0 radical (unpaired) electrons. The molecule has 0 saturated heterocycles. The van der Waals surface area contributed by atoms with Gasteiger partial charge in [0.2, 0.25) is 0 Å². The molecule has 0 aliphatic heterocycles. The first-order valence-corrected chi connectivity index (χ1v) is 6.96. The molecule has 21 heavy (non-hydrogen) atoms. The van der Waals surface area contributed by atoms with Crippen molar-refractivity contribution in [2.75, 3.05) is 0 Å². The molecule has 0 aliphatic carbocycles. The van der Waals surface area contributed by atoms with Gasteiger partial charge >= 0.3 is 0 Å². The Morgan fingerprint density at radius 3 is 2.14 bits per heavy atom. The van der Waals surface area contributed by atoms with Gasteiger partial charge in [0, 0.05) is 5.56 Å². The Morgan fingerprint density at radius 1 is 0.905 bits per heavy atom. The minimum atomic E-state index is -0.196. The predicted molar refractivity (Wildman–Crippen MR) is 86.8 cm³/mol. The van der Waals surface area contributed by atoms with Crippen LogP contribution in [0.5, 0.6) is 0 Å². The molecule has 0 unspecified atom stereocenters. The van der Waals surface area contributed by atoms with E-state index in [-0.39, 0.29) is 5.91 Å². The summed E-state index contributed by atoms with van der Waals surface area (Å²) in [5.41, 5.74) is 8.60. The number of hydrogen-bond acceptors (Lipinski definition) is 2. The molecule has 0 aromatic heterocycles. The summed E-state index contributed by atoms with van der Waals surface area (Å²) < 4.78 is 0. The van der Waals surface area contributed by atoms with Crippen LogP contribution in [0.1, 0.15) is 39.5 Å². The van der Waals surface area contributed by atoms with E-state index in [2.05, 4.69) is 36.5 Å². The van der Waals surface area contributed by atoms with Crippen molar-refractivity contribution in [3.05, 3.63) is 70.3 Å². The topological polar surface area (TPSA) is 41.5 Å². The number of rotatable bonds is 3. The Labute approximate surface area is 125 Å². The lowest BCUT2D eigenvalue weighted by Crippen LogP contribution is -2.19. The van der Waals surface area contributed by atoms with Crippen LogP contribution in [0.3, 0.4) is 0 Å². The van der Waals surface area contributed by atoms with Crippen LogP contribution in [0.25, 0.3) is 0 Å².